The maximum Gasteiger partial charge on any atom is 0.269 e. The summed E-state index contributed by atoms with van der Waals surface area (Å²) in [6.07, 6.45) is 5.12. The summed E-state index contributed by atoms with van der Waals surface area (Å²) in [4.78, 5) is 15.6. The third kappa shape index (κ3) is 3.43. The molecule has 1 atom stereocenters. The molecule has 1 aromatic heterocycles. The second-order valence-corrected chi connectivity index (χ2v) is 4.53. The predicted molar refractivity (Wildman–Crippen MR) is 71.8 cm³/mol. The van der Waals surface area contributed by atoms with E-state index in [9.17, 15) is 4.79 Å². The summed E-state index contributed by atoms with van der Waals surface area (Å²) in [6, 6.07) is 4.18. The summed E-state index contributed by atoms with van der Waals surface area (Å²) in [5.41, 5.74) is 1.42. The summed E-state index contributed by atoms with van der Waals surface area (Å²) < 4.78 is 0. The summed E-state index contributed by atoms with van der Waals surface area (Å²) in [5.74, 6) is -0.152. The van der Waals surface area contributed by atoms with Crippen molar-refractivity contribution in [2.75, 3.05) is 25.5 Å². The predicted octanol–water partition coefficient (Wildman–Crippen LogP) is 0.995. The zero-order chi connectivity index (χ0) is 12.8. The van der Waals surface area contributed by atoms with Crippen molar-refractivity contribution in [3.05, 3.63) is 24.0 Å². The van der Waals surface area contributed by atoms with Crippen LogP contribution in [0.4, 0.5) is 5.69 Å². The molecule has 0 saturated carbocycles. The highest BCUT2D eigenvalue weighted by atomic mass is 16.1. The van der Waals surface area contributed by atoms with E-state index in [1.807, 2.05) is 6.07 Å². The number of nitrogens with one attached hydrogen (secondary N) is 3. The molecule has 0 bridgehead atoms. The first-order valence-electron chi connectivity index (χ1n) is 6.45. The van der Waals surface area contributed by atoms with Crippen molar-refractivity contribution in [3.63, 3.8) is 0 Å². The van der Waals surface area contributed by atoms with Crippen molar-refractivity contribution in [2.45, 2.75) is 25.3 Å². The molecule has 1 aromatic rings. The molecule has 5 heteroatoms. The Morgan fingerprint density at radius 3 is 3.17 bits per heavy atom. The van der Waals surface area contributed by atoms with Gasteiger partial charge in [0.05, 0.1) is 0 Å². The molecule has 0 radical (unpaired) electrons. The van der Waals surface area contributed by atoms with Crippen LogP contribution in [0.1, 0.15) is 29.8 Å². The van der Waals surface area contributed by atoms with Gasteiger partial charge in [0.25, 0.3) is 5.91 Å². The molecule has 1 fully saturated rings. The molecule has 2 heterocycles. The lowest BCUT2D eigenvalue weighted by molar-refractivity contribution is 0.0958. The summed E-state index contributed by atoms with van der Waals surface area (Å²) >= 11 is 0. The smallest absolute Gasteiger partial charge is 0.269 e. The normalized spacial score (nSPS) is 19.9. The van der Waals surface area contributed by atoms with Crippen molar-refractivity contribution in [2.24, 2.45) is 0 Å². The van der Waals surface area contributed by atoms with Crippen LogP contribution >= 0.6 is 0 Å². The molecular weight excluding hydrogens is 228 g/mol. The molecule has 1 unspecified atom stereocenters. The zero-order valence-corrected chi connectivity index (χ0v) is 10.7. The number of pyridine rings is 1. The Labute approximate surface area is 107 Å². The molecule has 1 aliphatic heterocycles. The molecule has 1 aliphatic rings. The highest BCUT2D eigenvalue weighted by Gasteiger charge is 2.12. The Bertz CT molecular complexity index is 400. The van der Waals surface area contributed by atoms with Gasteiger partial charge in [-0.05, 0) is 44.5 Å². The Hall–Kier alpha value is -1.62. The van der Waals surface area contributed by atoms with Crippen LogP contribution in [0, 0.1) is 0 Å². The third-order valence-electron chi connectivity index (χ3n) is 3.17. The maximum atomic E-state index is 11.5. The molecule has 3 N–H and O–H groups in total. The number of carbonyl (C=O) groups excluding carboxylic acids is 1. The summed E-state index contributed by atoms with van der Waals surface area (Å²) in [7, 11) is 1.61. The average molecular weight is 248 g/mol. The van der Waals surface area contributed by atoms with Gasteiger partial charge in [0.15, 0.2) is 0 Å². The van der Waals surface area contributed by atoms with Crippen LogP contribution in [0.25, 0.3) is 0 Å². The standard InChI is InChI=1S/C13H20N4O/c1-14-13(18)12-9-11(5-8-16-12)17-10-3-2-6-15-7-4-10/h5,8-10,15H,2-4,6-7H2,1H3,(H,14,18)(H,16,17). The number of carbonyl (C=O) groups is 1. The number of amides is 1. The monoisotopic (exact) mass is 248 g/mol. The molecule has 0 aromatic carbocycles. The van der Waals surface area contributed by atoms with Gasteiger partial charge >= 0.3 is 0 Å². The molecule has 0 spiro atoms. The van der Waals surface area contributed by atoms with Crippen LogP contribution in [0.5, 0.6) is 0 Å². The molecule has 1 amide bonds. The van der Waals surface area contributed by atoms with E-state index in [1.165, 1.54) is 6.42 Å². The SMILES string of the molecule is CNC(=O)c1cc(NC2CCCNCC2)ccn1. The van der Waals surface area contributed by atoms with E-state index in [0.717, 1.165) is 31.6 Å². The van der Waals surface area contributed by atoms with Gasteiger partial charge in [-0.1, -0.05) is 0 Å². The Morgan fingerprint density at radius 2 is 2.33 bits per heavy atom. The van der Waals surface area contributed by atoms with E-state index >= 15 is 0 Å². The number of hydrogen-bond donors (Lipinski definition) is 3. The minimum atomic E-state index is -0.152. The van der Waals surface area contributed by atoms with Crippen LogP contribution in [0.2, 0.25) is 0 Å². The summed E-state index contributed by atoms with van der Waals surface area (Å²) in [5, 5.41) is 9.45. The van der Waals surface area contributed by atoms with Gasteiger partial charge in [0.2, 0.25) is 0 Å². The van der Waals surface area contributed by atoms with Crippen molar-refractivity contribution in [1.29, 1.82) is 0 Å². The highest BCUT2D eigenvalue weighted by molar-refractivity contribution is 5.92. The van der Waals surface area contributed by atoms with Gasteiger partial charge in [0, 0.05) is 25.0 Å². The van der Waals surface area contributed by atoms with E-state index in [0.29, 0.717) is 11.7 Å². The Kier molecular flexibility index (Phi) is 4.52. The first-order valence-corrected chi connectivity index (χ1v) is 6.45. The largest absolute Gasteiger partial charge is 0.382 e. The minimum Gasteiger partial charge on any atom is -0.382 e. The fourth-order valence-corrected chi connectivity index (χ4v) is 2.17. The van der Waals surface area contributed by atoms with Crippen LogP contribution in [0.15, 0.2) is 18.3 Å². The maximum absolute atomic E-state index is 11.5. The molecule has 2 rings (SSSR count). The molecular formula is C13H20N4O. The number of aromatic nitrogens is 1. The Balaban J connectivity index is 2.01. The molecule has 5 nitrogen and oxygen atoms in total. The number of rotatable bonds is 3. The van der Waals surface area contributed by atoms with Crippen LogP contribution in [0.3, 0.4) is 0 Å². The van der Waals surface area contributed by atoms with Crippen LogP contribution < -0.4 is 16.0 Å². The quantitative estimate of drug-likeness (QED) is 0.746. The first kappa shape index (κ1) is 12.8. The molecule has 98 valence electrons. The lowest BCUT2D eigenvalue weighted by atomic mass is 10.1. The van der Waals surface area contributed by atoms with Gasteiger partial charge in [-0.3, -0.25) is 9.78 Å². The van der Waals surface area contributed by atoms with Crippen LogP contribution in [-0.4, -0.2) is 37.1 Å². The lowest BCUT2D eigenvalue weighted by Gasteiger charge is -2.17. The zero-order valence-electron chi connectivity index (χ0n) is 10.7. The van der Waals surface area contributed by atoms with Gasteiger partial charge in [0.1, 0.15) is 5.69 Å². The second-order valence-electron chi connectivity index (χ2n) is 4.53. The highest BCUT2D eigenvalue weighted by Crippen LogP contribution is 2.14. The van der Waals surface area contributed by atoms with Crippen molar-refractivity contribution >= 4 is 11.6 Å². The van der Waals surface area contributed by atoms with Crippen molar-refractivity contribution < 1.29 is 4.79 Å². The molecule has 18 heavy (non-hydrogen) atoms. The molecule has 1 saturated heterocycles. The van der Waals surface area contributed by atoms with Gasteiger partial charge in [-0.25, -0.2) is 0 Å². The van der Waals surface area contributed by atoms with Crippen molar-refractivity contribution in [1.82, 2.24) is 15.6 Å². The lowest BCUT2D eigenvalue weighted by Crippen LogP contribution is -2.22. The number of nitrogens with zero attached hydrogens (tertiary/aromatic N) is 1. The van der Waals surface area contributed by atoms with E-state index in [4.69, 9.17) is 0 Å². The number of hydrogen-bond acceptors (Lipinski definition) is 4. The molecule has 0 aliphatic carbocycles. The van der Waals surface area contributed by atoms with Crippen LogP contribution in [-0.2, 0) is 0 Å². The van der Waals surface area contributed by atoms with E-state index in [2.05, 4.69) is 20.9 Å². The van der Waals surface area contributed by atoms with E-state index in [1.54, 1.807) is 19.3 Å². The average Bonchev–Trinajstić information content (AvgIpc) is 2.67. The first-order chi connectivity index (χ1) is 8.79. The van der Waals surface area contributed by atoms with Gasteiger partial charge in [-0.2, -0.15) is 0 Å². The topological polar surface area (TPSA) is 66.1 Å². The fourth-order valence-electron chi connectivity index (χ4n) is 2.17. The number of anilines is 1. The Morgan fingerprint density at radius 1 is 1.44 bits per heavy atom. The van der Waals surface area contributed by atoms with Gasteiger partial charge in [-0.15, -0.1) is 0 Å². The summed E-state index contributed by atoms with van der Waals surface area (Å²) in [6.45, 7) is 2.14. The van der Waals surface area contributed by atoms with E-state index < -0.39 is 0 Å². The minimum absolute atomic E-state index is 0.152. The fraction of sp³-hybridized carbons (Fsp3) is 0.538. The third-order valence-corrected chi connectivity index (χ3v) is 3.17. The van der Waals surface area contributed by atoms with Crippen molar-refractivity contribution in [3.8, 4) is 0 Å². The van der Waals surface area contributed by atoms with Gasteiger partial charge < -0.3 is 16.0 Å². The van der Waals surface area contributed by atoms with E-state index in [-0.39, 0.29) is 5.91 Å². The second kappa shape index (κ2) is 6.35.